The Morgan fingerprint density at radius 2 is 2.09 bits per heavy atom. The normalized spacial score (nSPS) is 20.0. The third-order valence-electron chi connectivity index (χ3n) is 5.22. The van der Waals surface area contributed by atoms with E-state index in [0.29, 0.717) is 5.57 Å². The zero-order valence-corrected chi connectivity index (χ0v) is 18.0. The summed E-state index contributed by atoms with van der Waals surface area (Å²) in [5.41, 5.74) is 1.01. The van der Waals surface area contributed by atoms with Gasteiger partial charge in [0.05, 0.1) is 11.8 Å². The second-order valence-electron chi connectivity index (χ2n) is 7.37. The van der Waals surface area contributed by atoms with E-state index in [4.69, 9.17) is 14.5 Å². The number of amides is 3. The lowest BCUT2D eigenvalue weighted by Crippen LogP contribution is -2.44. The molecule has 1 aromatic carbocycles. The molecule has 1 aromatic rings. The molecule has 1 fully saturated rings. The molecule has 0 radical (unpaired) electrons. The van der Waals surface area contributed by atoms with Crippen LogP contribution in [-0.4, -0.2) is 82.8 Å². The SMILES string of the molecule is CNC(=O)[C@@H]1COC(=O)N1c1ccc(C2=CCN(C(=O)[C@H](O)CP(=O)(O)O)CC2)c(F)c1. The number of hydrogen-bond donors (Lipinski definition) is 4. The Balaban J connectivity index is 1.73. The summed E-state index contributed by atoms with van der Waals surface area (Å²) in [7, 11) is -3.13. The van der Waals surface area contributed by atoms with Gasteiger partial charge in [0.1, 0.15) is 18.5 Å². The molecule has 13 heteroatoms. The number of rotatable bonds is 6. The summed E-state index contributed by atoms with van der Waals surface area (Å²) < 4.78 is 30.8. The van der Waals surface area contributed by atoms with Crippen molar-refractivity contribution in [2.45, 2.75) is 18.6 Å². The van der Waals surface area contributed by atoms with Gasteiger partial charge in [-0.2, -0.15) is 0 Å². The van der Waals surface area contributed by atoms with Gasteiger partial charge in [-0.3, -0.25) is 19.1 Å². The van der Waals surface area contributed by atoms with Crippen molar-refractivity contribution in [2.75, 3.05) is 37.8 Å². The quantitative estimate of drug-likeness (QED) is 0.424. The standard InChI is InChI=1S/C19H23FN3O8P/c1-21-17(25)15-9-31-19(27)23(15)12-2-3-13(14(20)8-12)11-4-6-22(7-5-11)18(26)16(24)10-32(28,29)30/h2-4,8,15-16,24H,5-7,9-10H2,1H3,(H,21,25)(H2,28,29,30)/t15-,16+/m0/s1. The number of anilines is 1. The minimum Gasteiger partial charge on any atom is -0.446 e. The maximum absolute atomic E-state index is 14.9. The molecule has 174 valence electrons. The Labute approximate surface area is 182 Å². The Hall–Kier alpha value is -2.79. The van der Waals surface area contributed by atoms with Gasteiger partial charge >= 0.3 is 13.7 Å². The van der Waals surface area contributed by atoms with Gasteiger partial charge in [-0.25, -0.2) is 9.18 Å². The molecule has 2 aliphatic heterocycles. The van der Waals surface area contributed by atoms with Crippen molar-refractivity contribution in [1.29, 1.82) is 0 Å². The van der Waals surface area contributed by atoms with Crippen LogP contribution in [0.4, 0.5) is 14.9 Å². The molecule has 2 atom stereocenters. The van der Waals surface area contributed by atoms with E-state index in [0.717, 1.165) is 11.0 Å². The Morgan fingerprint density at radius 1 is 1.38 bits per heavy atom. The molecular formula is C19H23FN3O8P. The van der Waals surface area contributed by atoms with E-state index in [2.05, 4.69) is 5.32 Å². The van der Waals surface area contributed by atoms with Gasteiger partial charge in [0, 0.05) is 25.7 Å². The van der Waals surface area contributed by atoms with E-state index >= 15 is 0 Å². The van der Waals surface area contributed by atoms with Gasteiger partial charge in [0.2, 0.25) is 5.91 Å². The van der Waals surface area contributed by atoms with E-state index < -0.39 is 49.6 Å². The van der Waals surface area contributed by atoms with Crippen LogP contribution in [0, 0.1) is 5.82 Å². The summed E-state index contributed by atoms with van der Waals surface area (Å²) in [6.45, 7) is 0.0107. The van der Waals surface area contributed by atoms with Crippen LogP contribution in [-0.2, 0) is 18.9 Å². The van der Waals surface area contributed by atoms with Gasteiger partial charge in [-0.05, 0) is 30.2 Å². The first kappa shape index (κ1) is 23.9. The average Bonchev–Trinajstić information content (AvgIpc) is 3.13. The van der Waals surface area contributed by atoms with Crippen molar-refractivity contribution in [1.82, 2.24) is 10.2 Å². The van der Waals surface area contributed by atoms with E-state index in [1.54, 1.807) is 6.08 Å². The summed E-state index contributed by atoms with van der Waals surface area (Å²) >= 11 is 0. The zero-order chi connectivity index (χ0) is 23.6. The molecule has 3 rings (SSSR count). The molecule has 11 nitrogen and oxygen atoms in total. The molecule has 0 bridgehead atoms. The molecule has 1 saturated heterocycles. The Bertz CT molecular complexity index is 1010. The zero-order valence-electron chi connectivity index (χ0n) is 17.1. The van der Waals surface area contributed by atoms with Crippen molar-refractivity contribution in [3.63, 3.8) is 0 Å². The number of aliphatic hydroxyl groups is 1. The number of carbonyl (C=O) groups is 3. The molecule has 0 saturated carbocycles. The number of nitrogens with one attached hydrogen (secondary N) is 1. The maximum Gasteiger partial charge on any atom is 0.415 e. The summed E-state index contributed by atoms with van der Waals surface area (Å²) in [4.78, 5) is 56.3. The largest absolute Gasteiger partial charge is 0.446 e. The second kappa shape index (κ2) is 9.37. The number of halogens is 1. The molecule has 0 unspecified atom stereocenters. The summed E-state index contributed by atoms with van der Waals surface area (Å²) in [5.74, 6) is -1.89. The first-order valence-corrected chi connectivity index (χ1v) is 11.5. The van der Waals surface area contributed by atoms with Crippen LogP contribution in [0.2, 0.25) is 0 Å². The highest BCUT2D eigenvalue weighted by Gasteiger charge is 2.39. The van der Waals surface area contributed by atoms with Crippen molar-refractivity contribution in [3.05, 3.63) is 35.7 Å². The van der Waals surface area contributed by atoms with Crippen LogP contribution in [0.5, 0.6) is 0 Å². The summed E-state index contributed by atoms with van der Waals surface area (Å²) in [6.07, 6.45) is -1.72. The van der Waals surface area contributed by atoms with E-state index in [1.807, 2.05) is 0 Å². The Kier molecular flexibility index (Phi) is 6.99. The van der Waals surface area contributed by atoms with E-state index in [-0.39, 0.29) is 37.4 Å². The minimum absolute atomic E-state index is 0.0325. The molecule has 0 aliphatic carbocycles. The highest BCUT2D eigenvalue weighted by atomic mass is 31.2. The fraction of sp³-hybridized carbons (Fsp3) is 0.421. The van der Waals surface area contributed by atoms with Gasteiger partial charge in [-0.1, -0.05) is 6.08 Å². The number of cyclic esters (lactones) is 1. The summed E-state index contributed by atoms with van der Waals surface area (Å²) in [6, 6.07) is 3.16. The lowest BCUT2D eigenvalue weighted by atomic mass is 9.98. The lowest BCUT2D eigenvalue weighted by molar-refractivity contribution is -0.138. The maximum atomic E-state index is 14.9. The molecule has 0 spiro atoms. The molecule has 4 N–H and O–H groups in total. The minimum atomic E-state index is -4.55. The van der Waals surface area contributed by atoms with E-state index in [9.17, 15) is 28.4 Å². The third-order valence-corrected chi connectivity index (χ3v) is 6.04. The average molecular weight is 471 g/mol. The van der Waals surface area contributed by atoms with Gasteiger partial charge in [0.15, 0.2) is 6.04 Å². The van der Waals surface area contributed by atoms with Crippen LogP contribution >= 0.6 is 7.60 Å². The first-order chi connectivity index (χ1) is 15.0. The van der Waals surface area contributed by atoms with Crippen molar-refractivity contribution < 1.29 is 43.0 Å². The third kappa shape index (κ3) is 5.16. The summed E-state index contributed by atoms with van der Waals surface area (Å²) in [5, 5.41) is 12.2. The predicted octanol–water partition coefficient (Wildman–Crippen LogP) is 0.0512. The van der Waals surface area contributed by atoms with Gasteiger partial charge < -0.3 is 29.8 Å². The monoisotopic (exact) mass is 471 g/mol. The highest BCUT2D eigenvalue weighted by Crippen LogP contribution is 2.35. The highest BCUT2D eigenvalue weighted by molar-refractivity contribution is 7.51. The lowest BCUT2D eigenvalue weighted by Gasteiger charge is -2.29. The number of nitrogens with zero attached hydrogens (tertiary/aromatic N) is 2. The second-order valence-corrected chi connectivity index (χ2v) is 9.06. The van der Waals surface area contributed by atoms with Crippen molar-refractivity contribution in [3.8, 4) is 0 Å². The van der Waals surface area contributed by atoms with Crippen LogP contribution < -0.4 is 10.2 Å². The first-order valence-electron chi connectivity index (χ1n) is 9.69. The Morgan fingerprint density at radius 3 is 2.66 bits per heavy atom. The number of likely N-dealkylation sites (N-methyl/N-ethyl adjacent to an activating group) is 1. The molecule has 3 amide bonds. The molecule has 0 aromatic heterocycles. The van der Waals surface area contributed by atoms with Crippen LogP contribution in [0.1, 0.15) is 12.0 Å². The molecular weight excluding hydrogens is 448 g/mol. The number of ether oxygens (including phenoxy) is 1. The topological polar surface area (TPSA) is 157 Å². The van der Waals surface area contributed by atoms with E-state index in [1.165, 1.54) is 24.1 Å². The van der Waals surface area contributed by atoms with Crippen LogP contribution in [0.15, 0.2) is 24.3 Å². The van der Waals surface area contributed by atoms with Crippen molar-refractivity contribution >= 4 is 36.8 Å². The van der Waals surface area contributed by atoms with Crippen LogP contribution in [0.25, 0.3) is 5.57 Å². The fourth-order valence-electron chi connectivity index (χ4n) is 3.61. The number of benzene rings is 1. The number of hydrogen-bond acceptors (Lipinski definition) is 6. The molecule has 32 heavy (non-hydrogen) atoms. The fourth-order valence-corrected chi connectivity index (χ4v) is 4.22. The molecule has 2 heterocycles. The number of aliphatic hydroxyl groups excluding tert-OH is 1. The van der Waals surface area contributed by atoms with Gasteiger partial charge in [-0.15, -0.1) is 0 Å². The van der Waals surface area contributed by atoms with Gasteiger partial charge in [0.25, 0.3) is 5.91 Å². The predicted molar refractivity (Wildman–Crippen MR) is 110 cm³/mol. The number of carbonyl (C=O) groups excluding carboxylic acids is 3. The smallest absolute Gasteiger partial charge is 0.415 e. The molecule has 2 aliphatic rings. The van der Waals surface area contributed by atoms with Crippen molar-refractivity contribution in [2.24, 2.45) is 0 Å². The van der Waals surface area contributed by atoms with Crippen LogP contribution in [0.3, 0.4) is 0 Å².